The number of aliphatic carboxylic acids is 1. The molecule has 0 heterocycles. The summed E-state index contributed by atoms with van der Waals surface area (Å²) in [6.07, 6.45) is -0.700. The topological polar surface area (TPSA) is 105 Å². The number of nitrogens with zero attached hydrogens (tertiary/aromatic N) is 1. The lowest BCUT2D eigenvalue weighted by atomic mass is 9.99. The van der Waals surface area contributed by atoms with Crippen LogP contribution in [0.2, 0.25) is 0 Å². The van der Waals surface area contributed by atoms with Crippen LogP contribution in [0.5, 0.6) is 0 Å². The zero-order chi connectivity index (χ0) is 28.2. The number of benzene rings is 3. The first-order valence-corrected chi connectivity index (χ1v) is 13.1. The maximum Gasteiger partial charge on any atom is 0.425 e. The molecule has 0 radical (unpaired) electrons. The summed E-state index contributed by atoms with van der Waals surface area (Å²) in [5.41, 5.74) is 6.22. The highest BCUT2D eigenvalue weighted by molar-refractivity contribution is 5.82. The summed E-state index contributed by atoms with van der Waals surface area (Å²) >= 11 is 0. The van der Waals surface area contributed by atoms with Gasteiger partial charge in [-0.15, -0.1) is 0 Å². The van der Waals surface area contributed by atoms with Crippen molar-refractivity contribution in [1.29, 1.82) is 0 Å². The second-order valence-electron chi connectivity index (χ2n) is 9.49. The molecule has 8 nitrogen and oxygen atoms in total. The Morgan fingerprint density at radius 1 is 0.795 bits per heavy atom. The monoisotopic (exact) mass is 532 g/mol. The highest BCUT2D eigenvalue weighted by atomic mass is 16.6. The van der Waals surface area contributed by atoms with Gasteiger partial charge in [0, 0.05) is 12.8 Å². The predicted octanol–water partition coefficient (Wildman–Crippen LogP) is 5.12. The molecule has 206 valence electrons. The Morgan fingerprint density at radius 2 is 1.36 bits per heavy atom. The smallest absolute Gasteiger partial charge is 0.425 e. The standard InChI is InChI=1S/C31H36N2O6/c1-4-38-30(36)28(20-23-11-7-5-8-12-23)33(31(37)39-21-25-13-9-6-10-14-25)32-27(29(34)35)19-24-15-17-26(18-16-24)22(2)3/h5-18,22,27-28,32H,4,19-21H2,1-3H3,(H,34,35)/t27-,28-/m0/s1. The number of carboxylic acids is 1. The maximum absolute atomic E-state index is 13.4. The van der Waals surface area contributed by atoms with Crippen molar-refractivity contribution in [3.05, 3.63) is 107 Å². The highest BCUT2D eigenvalue weighted by Crippen LogP contribution is 2.17. The van der Waals surface area contributed by atoms with E-state index in [1.807, 2.05) is 72.8 Å². The number of nitrogens with one attached hydrogen (secondary N) is 1. The van der Waals surface area contributed by atoms with Gasteiger partial charge in [0.15, 0.2) is 6.04 Å². The molecule has 0 saturated carbocycles. The molecule has 0 aliphatic rings. The molecule has 0 aromatic heterocycles. The lowest BCUT2D eigenvalue weighted by Gasteiger charge is -2.32. The first-order chi connectivity index (χ1) is 18.8. The quantitative estimate of drug-likeness (QED) is 0.232. The van der Waals surface area contributed by atoms with E-state index in [4.69, 9.17) is 9.47 Å². The van der Waals surface area contributed by atoms with E-state index in [-0.39, 0.29) is 26.1 Å². The van der Waals surface area contributed by atoms with Crippen LogP contribution >= 0.6 is 0 Å². The molecule has 3 aromatic carbocycles. The number of hydrogen-bond donors (Lipinski definition) is 2. The van der Waals surface area contributed by atoms with Crippen molar-refractivity contribution < 1.29 is 29.0 Å². The van der Waals surface area contributed by atoms with Crippen molar-refractivity contribution in [2.24, 2.45) is 0 Å². The molecule has 0 aliphatic heterocycles. The second kappa shape index (κ2) is 14.7. The van der Waals surface area contributed by atoms with Crippen molar-refractivity contribution in [1.82, 2.24) is 10.4 Å². The summed E-state index contributed by atoms with van der Waals surface area (Å²) in [6.45, 7) is 5.88. The molecule has 0 aliphatic carbocycles. The number of carbonyl (C=O) groups is 3. The number of amides is 1. The third-order valence-corrected chi connectivity index (χ3v) is 6.22. The molecular formula is C31H36N2O6. The Hall–Kier alpha value is -4.17. The Labute approximate surface area is 229 Å². The normalized spacial score (nSPS) is 12.4. The molecule has 2 N–H and O–H groups in total. The molecule has 1 amide bonds. The van der Waals surface area contributed by atoms with E-state index in [0.717, 1.165) is 27.3 Å². The zero-order valence-corrected chi connectivity index (χ0v) is 22.6. The van der Waals surface area contributed by atoms with Gasteiger partial charge in [0.25, 0.3) is 0 Å². The molecule has 0 unspecified atom stereocenters. The van der Waals surface area contributed by atoms with E-state index in [2.05, 4.69) is 19.3 Å². The molecule has 0 saturated heterocycles. The van der Waals surface area contributed by atoms with Crippen molar-refractivity contribution in [2.45, 2.75) is 58.2 Å². The highest BCUT2D eigenvalue weighted by Gasteiger charge is 2.36. The van der Waals surface area contributed by atoms with E-state index in [1.54, 1.807) is 19.1 Å². The van der Waals surface area contributed by atoms with Gasteiger partial charge in [-0.05, 0) is 35.1 Å². The molecule has 0 spiro atoms. The van der Waals surface area contributed by atoms with E-state index in [0.29, 0.717) is 5.92 Å². The number of hydrogen-bond acceptors (Lipinski definition) is 6. The van der Waals surface area contributed by atoms with Crippen molar-refractivity contribution >= 4 is 18.0 Å². The lowest BCUT2D eigenvalue weighted by molar-refractivity contribution is -0.152. The summed E-state index contributed by atoms with van der Waals surface area (Å²) in [6, 6.07) is 23.5. The molecule has 0 fully saturated rings. The van der Waals surface area contributed by atoms with E-state index < -0.39 is 30.1 Å². The summed E-state index contributed by atoms with van der Waals surface area (Å²) in [4.78, 5) is 38.9. The van der Waals surface area contributed by atoms with Gasteiger partial charge < -0.3 is 14.6 Å². The fourth-order valence-electron chi connectivity index (χ4n) is 4.04. The number of ether oxygens (including phenoxy) is 2. The van der Waals surface area contributed by atoms with Gasteiger partial charge >= 0.3 is 18.0 Å². The predicted molar refractivity (Wildman–Crippen MR) is 148 cm³/mol. The van der Waals surface area contributed by atoms with Crippen LogP contribution in [-0.2, 0) is 38.5 Å². The van der Waals surface area contributed by atoms with Crippen molar-refractivity contribution in [3.8, 4) is 0 Å². The lowest BCUT2D eigenvalue weighted by Crippen LogP contribution is -2.59. The van der Waals surface area contributed by atoms with Crippen LogP contribution in [0.15, 0.2) is 84.9 Å². The second-order valence-corrected chi connectivity index (χ2v) is 9.49. The maximum atomic E-state index is 13.4. The fourth-order valence-corrected chi connectivity index (χ4v) is 4.04. The van der Waals surface area contributed by atoms with E-state index in [1.165, 1.54) is 0 Å². The van der Waals surface area contributed by atoms with Gasteiger partial charge in [-0.1, -0.05) is 98.8 Å². The van der Waals surface area contributed by atoms with Gasteiger partial charge in [-0.25, -0.2) is 20.0 Å². The van der Waals surface area contributed by atoms with Gasteiger partial charge in [-0.3, -0.25) is 4.79 Å². The van der Waals surface area contributed by atoms with Crippen LogP contribution in [0.25, 0.3) is 0 Å². The van der Waals surface area contributed by atoms with Crippen LogP contribution in [0, 0.1) is 0 Å². The number of hydrazine groups is 1. The Morgan fingerprint density at radius 3 is 1.90 bits per heavy atom. The molecule has 3 aromatic rings. The van der Waals surface area contributed by atoms with Gasteiger partial charge in [0.2, 0.25) is 0 Å². The summed E-state index contributed by atoms with van der Waals surface area (Å²) in [5, 5.41) is 11.0. The Kier molecular flexibility index (Phi) is 11.1. The van der Waals surface area contributed by atoms with E-state index in [9.17, 15) is 19.5 Å². The molecule has 8 heteroatoms. The minimum Gasteiger partial charge on any atom is -0.480 e. The van der Waals surface area contributed by atoms with E-state index >= 15 is 0 Å². The zero-order valence-electron chi connectivity index (χ0n) is 22.6. The van der Waals surface area contributed by atoms with Crippen LogP contribution in [0.4, 0.5) is 4.79 Å². The van der Waals surface area contributed by atoms with Gasteiger partial charge in [0.05, 0.1) is 6.61 Å². The SMILES string of the molecule is CCOC(=O)[C@H](Cc1ccccc1)N(N[C@@H](Cc1ccc(C(C)C)cc1)C(=O)O)C(=O)OCc1ccccc1. The number of esters is 1. The molecular weight excluding hydrogens is 496 g/mol. The number of rotatable bonds is 13. The first kappa shape index (κ1) is 29.4. The van der Waals surface area contributed by atoms with Crippen molar-refractivity contribution in [3.63, 3.8) is 0 Å². The molecule has 3 rings (SSSR count). The van der Waals surface area contributed by atoms with Crippen molar-refractivity contribution in [2.75, 3.05) is 6.61 Å². The van der Waals surface area contributed by atoms with Crippen LogP contribution in [0.3, 0.4) is 0 Å². The average Bonchev–Trinajstić information content (AvgIpc) is 2.94. The van der Waals surface area contributed by atoms with Gasteiger partial charge in [0.1, 0.15) is 12.6 Å². The van der Waals surface area contributed by atoms with Crippen LogP contribution in [-0.4, -0.2) is 46.8 Å². The van der Waals surface area contributed by atoms with Crippen LogP contribution in [0.1, 0.15) is 48.9 Å². The minimum absolute atomic E-state index is 0.0485. The summed E-state index contributed by atoms with van der Waals surface area (Å²) in [5.74, 6) is -1.51. The van der Waals surface area contributed by atoms with Gasteiger partial charge in [-0.2, -0.15) is 0 Å². The largest absolute Gasteiger partial charge is 0.480 e. The molecule has 0 bridgehead atoms. The fraction of sp³-hybridized carbons (Fsp3) is 0.323. The molecule has 2 atom stereocenters. The first-order valence-electron chi connectivity index (χ1n) is 13.1. The summed E-state index contributed by atoms with van der Waals surface area (Å²) in [7, 11) is 0. The number of carbonyl (C=O) groups excluding carboxylic acids is 2. The minimum atomic E-state index is -1.22. The average molecular weight is 533 g/mol. The Bertz CT molecular complexity index is 1200. The van der Waals surface area contributed by atoms with Crippen LogP contribution < -0.4 is 5.43 Å². The molecule has 39 heavy (non-hydrogen) atoms. The third kappa shape index (κ3) is 8.97. The number of carboxylic acid groups (broad SMARTS) is 1. The Balaban J connectivity index is 1.90. The summed E-state index contributed by atoms with van der Waals surface area (Å²) < 4.78 is 10.8. The third-order valence-electron chi connectivity index (χ3n) is 6.22.